The Bertz CT molecular complexity index is 258. The van der Waals surface area contributed by atoms with Crippen LogP contribution in [-0.4, -0.2) is 5.88 Å². The number of alkyl halides is 1. The highest BCUT2D eigenvalue weighted by molar-refractivity contribution is 9.10. The molecule has 1 rings (SSSR count). The smallest absolute Gasteiger partial charge is 0.0236 e. The molecule has 0 aliphatic rings. The van der Waals surface area contributed by atoms with E-state index in [9.17, 15) is 0 Å². The maximum atomic E-state index is 5.63. The maximum absolute atomic E-state index is 5.63. The van der Waals surface area contributed by atoms with Gasteiger partial charge in [0.1, 0.15) is 0 Å². The van der Waals surface area contributed by atoms with Gasteiger partial charge in [-0.3, -0.25) is 0 Å². The van der Waals surface area contributed by atoms with Gasteiger partial charge in [-0.15, -0.1) is 11.6 Å². The first kappa shape index (κ1) is 10.1. The van der Waals surface area contributed by atoms with Crippen LogP contribution in [0.5, 0.6) is 0 Å². The average molecular weight is 248 g/mol. The van der Waals surface area contributed by atoms with Crippen LogP contribution in [-0.2, 0) is 6.42 Å². The van der Waals surface area contributed by atoms with E-state index in [2.05, 4.69) is 41.1 Å². The molecule has 1 aromatic rings. The Morgan fingerprint density at radius 2 is 2.17 bits per heavy atom. The highest BCUT2D eigenvalue weighted by Gasteiger charge is 2.00. The molecule has 66 valence electrons. The Kier molecular flexibility index (Phi) is 4.10. The van der Waals surface area contributed by atoms with Crippen molar-refractivity contribution in [2.24, 2.45) is 0 Å². The van der Waals surface area contributed by atoms with Gasteiger partial charge in [-0.05, 0) is 30.9 Å². The van der Waals surface area contributed by atoms with Gasteiger partial charge in [0.2, 0.25) is 0 Å². The van der Waals surface area contributed by atoms with Crippen LogP contribution in [0.2, 0.25) is 0 Å². The summed E-state index contributed by atoms with van der Waals surface area (Å²) in [6.07, 6.45) is 2.11. The molecule has 0 saturated carbocycles. The second kappa shape index (κ2) is 4.88. The lowest BCUT2D eigenvalue weighted by molar-refractivity contribution is 0.921. The lowest BCUT2D eigenvalue weighted by atomic mass is 10.1. The minimum atomic E-state index is 0.736. The Hall–Kier alpha value is -0.0100. The second-order valence-electron chi connectivity index (χ2n) is 2.84. The molecule has 2 heteroatoms. The van der Waals surface area contributed by atoms with Crippen molar-refractivity contribution in [2.45, 2.75) is 19.8 Å². The highest BCUT2D eigenvalue weighted by Crippen LogP contribution is 2.22. The summed E-state index contributed by atoms with van der Waals surface area (Å²) >= 11 is 9.20. The maximum Gasteiger partial charge on any atom is 0.0236 e. The van der Waals surface area contributed by atoms with Gasteiger partial charge in [-0.25, -0.2) is 0 Å². The second-order valence-corrected chi connectivity index (χ2v) is 4.01. The van der Waals surface area contributed by atoms with Crippen molar-refractivity contribution in [2.75, 3.05) is 5.88 Å². The van der Waals surface area contributed by atoms with Gasteiger partial charge in [0.25, 0.3) is 0 Å². The summed E-state index contributed by atoms with van der Waals surface area (Å²) in [4.78, 5) is 0. The first-order chi connectivity index (χ1) is 5.75. The van der Waals surface area contributed by atoms with Crippen LogP contribution in [0.25, 0.3) is 0 Å². The molecule has 0 saturated heterocycles. The van der Waals surface area contributed by atoms with E-state index in [1.54, 1.807) is 0 Å². The van der Waals surface area contributed by atoms with Crippen LogP contribution in [0.15, 0.2) is 22.7 Å². The molecule has 1 aromatic carbocycles. The number of hydrogen-bond acceptors (Lipinski definition) is 0. The first-order valence-electron chi connectivity index (χ1n) is 4.05. The van der Waals surface area contributed by atoms with Crippen LogP contribution >= 0.6 is 27.5 Å². The molecule has 0 bridgehead atoms. The summed E-state index contributed by atoms with van der Waals surface area (Å²) in [6.45, 7) is 2.11. The third-order valence-corrected chi connectivity index (χ3v) is 3.25. The molecule has 0 atom stereocenters. The van der Waals surface area contributed by atoms with E-state index >= 15 is 0 Å². The summed E-state index contributed by atoms with van der Waals surface area (Å²) in [6, 6.07) is 6.33. The number of benzene rings is 1. The zero-order valence-electron chi connectivity index (χ0n) is 7.11. The average Bonchev–Trinajstić information content (AvgIpc) is 2.08. The Morgan fingerprint density at radius 1 is 1.42 bits per heavy atom. The molecule has 0 spiro atoms. The topological polar surface area (TPSA) is 0 Å². The Balaban J connectivity index is 2.78. The summed E-state index contributed by atoms with van der Waals surface area (Å²) in [5, 5.41) is 0. The molecule has 0 unspecified atom stereocenters. The zero-order valence-corrected chi connectivity index (χ0v) is 9.45. The number of hydrogen-bond donors (Lipinski definition) is 0. The standard InChI is InChI=1S/C10H12BrCl/c1-8-4-2-5-9(10(8)11)6-3-7-12/h2,4-5H,3,6-7H2,1H3. The van der Waals surface area contributed by atoms with E-state index in [4.69, 9.17) is 11.6 Å². The van der Waals surface area contributed by atoms with Crippen molar-refractivity contribution in [3.8, 4) is 0 Å². The van der Waals surface area contributed by atoms with E-state index in [1.165, 1.54) is 15.6 Å². The van der Waals surface area contributed by atoms with Gasteiger partial charge in [0.05, 0.1) is 0 Å². The Labute approximate surface area is 87.1 Å². The minimum absolute atomic E-state index is 0.736. The highest BCUT2D eigenvalue weighted by atomic mass is 79.9. The zero-order chi connectivity index (χ0) is 8.97. The summed E-state index contributed by atoms with van der Waals surface area (Å²) < 4.78 is 1.23. The molecule has 0 amide bonds. The molecule has 0 aliphatic heterocycles. The molecule has 0 nitrogen and oxygen atoms in total. The number of aryl methyl sites for hydroxylation is 2. The molecule has 0 heterocycles. The van der Waals surface area contributed by atoms with Gasteiger partial charge >= 0.3 is 0 Å². The van der Waals surface area contributed by atoms with Gasteiger partial charge in [0.15, 0.2) is 0 Å². The molecule has 0 N–H and O–H groups in total. The summed E-state index contributed by atoms with van der Waals surface area (Å²) in [5.41, 5.74) is 2.65. The van der Waals surface area contributed by atoms with Crippen LogP contribution in [0.3, 0.4) is 0 Å². The molecule has 0 radical (unpaired) electrons. The fraction of sp³-hybridized carbons (Fsp3) is 0.400. The summed E-state index contributed by atoms with van der Waals surface area (Å²) in [5.74, 6) is 0.736. The molecule has 0 aromatic heterocycles. The molecule has 12 heavy (non-hydrogen) atoms. The quantitative estimate of drug-likeness (QED) is 0.710. The van der Waals surface area contributed by atoms with Crippen molar-refractivity contribution in [1.29, 1.82) is 0 Å². The van der Waals surface area contributed by atoms with Crippen LogP contribution < -0.4 is 0 Å². The van der Waals surface area contributed by atoms with Crippen molar-refractivity contribution in [1.82, 2.24) is 0 Å². The molecule has 0 aliphatic carbocycles. The molecular weight excluding hydrogens is 235 g/mol. The fourth-order valence-electron chi connectivity index (χ4n) is 1.16. The van der Waals surface area contributed by atoms with Crippen molar-refractivity contribution in [3.63, 3.8) is 0 Å². The fourth-order valence-corrected chi connectivity index (χ4v) is 1.75. The van der Waals surface area contributed by atoms with Crippen LogP contribution in [0.4, 0.5) is 0 Å². The van der Waals surface area contributed by atoms with Gasteiger partial charge < -0.3 is 0 Å². The number of halogens is 2. The van der Waals surface area contributed by atoms with Gasteiger partial charge in [0, 0.05) is 10.4 Å². The monoisotopic (exact) mass is 246 g/mol. The van der Waals surface area contributed by atoms with E-state index in [0.29, 0.717) is 0 Å². The van der Waals surface area contributed by atoms with Gasteiger partial charge in [-0.1, -0.05) is 34.1 Å². The SMILES string of the molecule is Cc1cccc(CCCCl)c1Br. The van der Waals surface area contributed by atoms with E-state index in [-0.39, 0.29) is 0 Å². The van der Waals surface area contributed by atoms with Gasteiger partial charge in [-0.2, -0.15) is 0 Å². The predicted molar refractivity (Wildman–Crippen MR) is 57.9 cm³/mol. The summed E-state index contributed by atoms with van der Waals surface area (Å²) in [7, 11) is 0. The van der Waals surface area contributed by atoms with Crippen molar-refractivity contribution < 1.29 is 0 Å². The minimum Gasteiger partial charge on any atom is -0.127 e. The van der Waals surface area contributed by atoms with E-state index in [0.717, 1.165) is 18.7 Å². The van der Waals surface area contributed by atoms with Crippen molar-refractivity contribution >= 4 is 27.5 Å². The third-order valence-electron chi connectivity index (χ3n) is 1.85. The first-order valence-corrected chi connectivity index (χ1v) is 5.38. The lowest BCUT2D eigenvalue weighted by Crippen LogP contribution is -1.89. The normalized spacial score (nSPS) is 10.2. The lowest BCUT2D eigenvalue weighted by Gasteiger charge is -2.05. The van der Waals surface area contributed by atoms with E-state index < -0.39 is 0 Å². The Morgan fingerprint density at radius 3 is 2.83 bits per heavy atom. The molecular formula is C10H12BrCl. The third kappa shape index (κ3) is 2.49. The van der Waals surface area contributed by atoms with Crippen molar-refractivity contribution in [3.05, 3.63) is 33.8 Å². The largest absolute Gasteiger partial charge is 0.127 e. The number of rotatable bonds is 3. The van der Waals surface area contributed by atoms with Crippen LogP contribution in [0, 0.1) is 6.92 Å². The predicted octanol–water partition coefficient (Wildman–Crippen LogP) is 3.93. The van der Waals surface area contributed by atoms with Crippen LogP contribution in [0.1, 0.15) is 17.5 Å². The van der Waals surface area contributed by atoms with E-state index in [1.807, 2.05) is 0 Å². The molecule has 0 fully saturated rings.